The van der Waals surface area contributed by atoms with Crippen molar-refractivity contribution in [3.63, 3.8) is 0 Å². The van der Waals surface area contributed by atoms with Gasteiger partial charge in [-0.2, -0.15) is 0 Å². The Bertz CT molecular complexity index is 207. The number of rotatable bonds is 3. The molecule has 0 saturated heterocycles. The summed E-state index contributed by atoms with van der Waals surface area (Å²) >= 11 is 0. The highest BCUT2D eigenvalue weighted by molar-refractivity contribution is 5.02. The van der Waals surface area contributed by atoms with Crippen molar-refractivity contribution in [3.8, 4) is 12.3 Å². The molecule has 1 saturated carbocycles. The van der Waals surface area contributed by atoms with Gasteiger partial charge >= 0.3 is 0 Å². The Morgan fingerprint density at radius 2 is 2.00 bits per heavy atom. The Balaban J connectivity index is 2.45. The molecular weight excluding hydrogens is 174 g/mol. The molecular formula is C12H21NO. The zero-order valence-electron chi connectivity index (χ0n) is 9.16. The first kappa shape index (κ1) is 11.6. The van der Waals surface area contributed by atoms with Crippen LogP contribution >= 0.6 is 0 Å². The van der Waals surface area contributed by atoms with Crippen molar-refractivity contribution in [1.82, 2.24) is 5.32 Å². The molecule has 0 bridgehead atoms. The summed E-state index contributed by atoms with van der Waals surface area (Å²) in [5.41, 5.74) is 0. The van der Waals surface area contributed by atoms with Crippen molar-refractivity contribution < 1.29 is 5.11 Å². The minimum Gasteiger partial charge on any atom is -0.392 e. The van der Waals surface area contributed by atoms with E-state index in [0.717, 1.165) is 19.3 Å². The predicted molar refractivity (Wildman–Crippen MR) is 58.9 cm³/mol. The van der Waals surface area contributed by atoms with Gasteiger partial charge < -0.3 is 5.11 Å². The smallest absolute Gasteiger partial charge is 0.0713 e. The molecule has 0 aromatic carbocycles. The molecule has 0 amide bonds. The van der Waals surface area contributed by atoms with Crippen molar-refractivity contribution in [1.29, 1.82) is 0 Å². The maximum absolute atomic E-state index is 9.76. The quantitative estimate of drug-likeness (QED) is 0.669. The van der Waals surface area contributed by atoms with Gasteiger partial charge in [0.1, 0.15) is 0 Å². The van der Waals surface area contributed by atoms with Crippen LogP contribution in [0.3, 0.4) is 0 Å². The van der Waals surface area contributed by atoms with Gasteiger partial charge in [-0.15, -0.1) is 6.42 Å². The van der Waals surface area contributed by atoms with Crippen LogP contribution in [0.5, 0.6) is 0 Å². The molecule has 3 unspecified atom stereocenters. The van der Waals surface area contributed by atoms with Crippen LogP contribution in [-0.4, -0.2) is 23.3 Å². The molecule has 0 heterocycles. The van der Waals surface area contributed by atoms with Gasteiger partial charge in [0, 0.05) is 6.04 Å². The van der Waals surface area contributed by atoms with Gasteiger partial charge in [-0.05, 0) is 18.8 Å². The summed E-state index contributed by atoms with van der Waals surface area (Å²) in [6.45, 7) is 4.21. The average molecular weight is 195 g/mol. The van der Waals surface area contributed by atoms with Crippen molar-refractivity contribution in [2.45, 2.75) is 57.7 Å². The van der Waals surface area contributed by atoms with Crippen LogP contribution in [0.2, 0.25) is 0 Å². The first-order valence-corrected chi connectivity index (χ1v) is 5.55. The molecule has 2 N–H and O–H groups in total. The van der Waals surface area contributed by atoms with Crippen LogP contribution < -0.4 is 5.32 Å². The van der Waals surface area contributed by atoms with Gasteiger partial charge in [-0.1, -0.05) is 32.6 Å². The lowest BCUT2D eigenvalue weighted by Crippen LogP contribution is -2.48. The van der Waals surface area contributed by atoms with E-state index >= 15 is 0 Å². The summed E-state index contributed by atoms with van der Waals surface area (Å²) in [4.78, 5) is 0. The van der Waals surface area contributed by atoms with Gasteiger partial charge in [0.25, 0.3) is 0 Å². The molecule has 0 aromatic heterocycles. The molecule has 3 atom stereocenters. The average Bonchev–Trinajstić information content (AvgIpc) is 2.16. The molecule has 1 rings (SSSR count). The number of aliphatic hydroxyl groups excluding tert-OH is 1. The zero-order valence-corrected chi connectivity index (χ0v) is 9.16. The fourth-order valence-corrected chi connectivity index (χ4v) is 1.97. The maximum atomic E-state index is 9.76. The topological polar surface area (TPSA) is 32.3 Å². The molecule has 80 valence electrons. The van der Waals surface area contributed by atoms with Gasteiger partial charge in [-0.3, -0.25) is 5.32 Å². The molecule has 0 radical (unpaired) electrons. The second kappa shape index (κ2) is 5.38. The lowest BCUT2D eigenvalue weighted by Gasteiger charge is -2.31. The lowest BCUT2D eigenvalue weighted by atomic mass is 9.91. The summed E-state index contributed by atoms with van der Waals surface area (Å²) in [5, 5.41) is 13.1. The Morgan fingerprint density at radius 3 is 2.50 bits per heavy atom. The minimum atomic E-state index is -0.210. The van der Waals surface area contributed by atoms with Gasteiger partial charge in [0.2, 0.25) is 0 Å². The second-order valence-electron chi connectivity index (χ2n) is 4.51. The number of terminal acetylenes is 1. The number of hydrogen-bond acceptors (Lipinski definition) is 2. The summed E-state index contributed by atoms with van der Waals surface area (Å²) < 4.78 is 0. The molecule has 2 nitrogen and oxygen atoms in total. The molecule has 1 fully saturated rings. The van der Waals surface area contributed by atoms with E-state index in [4.69, 9.17) is 6.42 Å². The van der Waals surface area contributed by atoms with Crippen molar-refractivity contribution >= 4 is 0 Å². The van der Waals surface area contributed by atoms with Crippen LogP contribution in [0, 0.1) is 18.3 Å². The Hall–Kier alpha value is -0.520. The van der Waals surface area contributed by atoms with Crippen molar-refractivity contribution in [2.24, 2.45) is 5.92 Å². The largest absolute Gasteiger partial charge is 0.392 e. The fourth-order valence-electron chi connectivity index (χ4n) is 1.97. The van der Waals surface area contributed by atoms with Crippen LogP contribution in [0.25, 0.3) is 0 Å². The Morgan fingerprint density at radius 1 is 1.36 bits per heavy atom. The summed E-state index contributed by atoms with van der Waals surface area (Å²) in [6.07, 6.45) is 9.53. The maximum Gasteiger partial charge on any atom is 0.0713 e. The van der Waals surface area contributed by atoms with E-state index in [1.54, 1.807) is 0 Å². The monoisotopic (exact) mass is 195 g/mol. The molecule has 1 aliphatic carbocycles. The molecule has 1 aliphatic rings. The van der Waals surface area contributed by atoms with Gasteiger partial charge in [0.05, 0.1) is 12.1 Å². The standard InChI is InChI=1S/C12H21NO/c1-4-10(9(2)3)13-11-7-5-6-8-12(11)14/h1,9-14H,5-8H2,2-3H3. The van der Waals surface area contributed by atoms with E-state index in [0.29, 0.717) is 5.92 Å². The molecule has 0 aliphatic heterocycles. The highest BCUT2D eigenvalue weighted by Crippen LogP contribution is 2.19. The van der Waals surface area contributed by atoms with Gasteiger partial charge in [-0.25, -0.2) is 0 Å². The van der Waals surface area contributed by atoms with Crippen LogP contribution in [0.4, 0.5) is 0 Å². The third kappa shape index (κ3) is 3.01. The fraction of sp³-hybridized carbons (Fsp3) is 0.833. The summed E-state index contributed by atoms with van der Waals surface area (Å²) in [7, 11) is 0. The van der Waals surface area contributed by atoms with Gasteiger partial charge in [0.15, 0.2) is 0 Å². The molecule has 14 heavy (non-hydrogen) atoms. The van der Waals surface area contributed by atoms with E-state index < -0.39 is 0 Å². The van der Waals surface area contributed by atoms with E-state index in [9.17, 15) is 5.11 Å². The third-order valence-corrected chi connectivity index (χ3v) is 2.97. The van der Waals surface area contributed by atoms with Crippen molar-refractivity contribution in [2.75, 3.05) is 0 Å². The summed E-state index contributed by atoms with van der Waals surface area (Å²) in [6, 6.07) is 0.292. The summed E-state index contributed by atoms with van der Waals surface area (Å²) in [5.74, 6) is 3.17. The molecule has 0 spiro atoms. The normalized spacial score (nSPS) is 29.9. The van der Waals surface area contributed by atoms with E-state index in [2.05, 4.69) is 25.1 Å². The molecule has 0 aromatic rings. The van der Waals surface area contributed by atoms with Crippen LogP contribution in [-0.2, 0) is 0 Å². The SMILES string of the molecule is C#CC(NC1CCCCC1O)C(C)C. The van der Waals surface area contributed by atoms with E-state index in [-0.39, 0.29) is 18.2 Å². The number of aliphatic hydroxyl groups is 1. The lowest BCUT2D eigenvalue weighted by molar-refractivity contribution is 0.0855. The first-order valence-electron chi connectivity index (χ1n) is 5.55. The third-order valence-electron chi connectivity index (χ3n) is 2.97. The number of hydrogen-bond donors (Lipinski definition) is 2. The predicted octanol–water partition coefficient (Wildman–Crippen LogP) is 1.54. The minimum absolute atomic E-state index is 0.0905. The highest BCUT2D eigenvalue weighted by atomic mass is 16.3. The van der Waals surface area contributed by atoms with Crippen molar-refractivity contribution in [3.05, 3.63) is 0 Å². The second-order valence-corrected chi connectivity index (χ2v) is 4.51. The van der Waals surface area contributed by atoms with Crippen LogP contribution in [0.1, 0.15) is 39.5 Å². The van der Waals surface area contributed by atoms with E-state index in [1.807, 2.05) is 0 Å². The Labute approximate surface area is 87.1 Å². The number of nitrogens with one attached hydrogen (secondary N) is 1. The van der Waals surface area contributed by atoms with E-state index in [1.165, 1.54) is 6.42 Å². The Kier molecular flexibility index (Phi) is 4.44. The highest BCUT2D eigenvalue weighted by Gasteiger charge is 2.25. The first-order chi connectivity index (χ1) is 6.65. The molecule has 2 heteroatoms. The zero-order chi connectivity index (χ0) is 10.6. The van der Waals surface area contributed by atoms with Crippen LogP contribution in [0.15, 0.2) is 0 Å².